The first-order valence-electron chi connectivity index (χ1n) is 8.24. The van der Waals surface area contributed by atoms with Crippen LogP contribution in [0.1, 0.15) is 27.8 Å². The highest BCUT2D eigenvalue weighted by atomic mass is 14.8. The maximum absolute atomic E-state index is 5.07. The molecule has 0 spiro atoms. The number of hydrogen-bond acceptors (Lipinski definition) is 3. The van der Waals surface area contributed by atoms with Crippen molar-refractivity contribution in [2.24, 2.45) is 0 Å². The molecule has 0 fully saturated rings. The molecule has 0 aromatic carbocycles. The Balaban J connectivity index is 1.83. The normalized spacial score (nSPS) is 14.5. The molecule has 0 unspecified atom stereocenters. The van der Waals surface area contributed by atoms with Gasteiger partial charge in [0.2, 0.25) is 0 Å². The maximum atomic E-state index is 5.07. The lowest BCUT2D eigenvalue weighted by molar-refractivity contribution is 0.858. The van der Waals surface area contributed by atoms with Gasteiger partial charge in [0.25, 0.3) is 0 Å². The summed E-state index contributed by atoms with van der Waals surface area (Å²) in [5.74, 6) is 0. The van der Waals surface area contributed by atoms with Crippen LogP contribution >= 0.6 is 0 Å². The van der Waals surface area contributed by atoms with Crippen molar-refractivity contribution in [1.29, 1.82) is 0 Å². The molecular weight excluding hydrogens is 282 g/mol. The van der Waals surface area contributed by atoms with Crippen LogP contribution in [0.4, 0.5) is 0 Å². The van der Waals surface area contributed by atoms with Crippen LogP contribution in [-0.2, 0) is 25.7 Å². The molecule has 2 aliphatic rings. The van der Waals surface area contributed by atoms with Gasteiger partial charge in [-0.15, -0.1) is 0 Å². The van der Waals surface area contributed by atoms with E-state index in [2.05, 4.69) is 29.0 Å². The Morgan fingerprint density at radius 2 is 1.22 bits per heavy atom. The van der Waals surface area contributed by atoms with Crippen molar-refractivity contribution in [2.75, 3.05) is 0 Å². The molecule has 3 aromatic rings. The quantitative estimate of drug-likeness (QED) is 0.635. The van der Waals surface area contributed by atoms with Crippen LogP contribution in [0.2, 0.25) is 0 Å². The summed E-state index contributed by atoms with van der Waals surface area (Å²) in [6.07, 6.45) is 8.00. The molecule has 0 saturated heterocycles. The zero-order valence-corrected chi connectivity index (χ0v) is 13.1. The average molecular weight is 299 g/mol. The number of hydrogen-bond donors (Lipinski definition) is 0. The molecule has 112 valence electrons. The molecule has 5 rings (SSSR count). The zero-order valence-electron chi connectivity index (χ0n) is 13.1. The first-order chi connectivity index (χ1) is 11.3. The summed E-state index contributed by atoms with van der Waals surface area (Å²) in [7, 11) is 0. The van der Waals surface area contributed by atoms with Crippen LogP contribution < -0.4 is 0 Å². The third-order valence-electron chi connectivity index (χ3n) is 5.22. The van der Waals surface area contributed by atoms with Gasteiger partial charge in [-0.25, -0.2) is 4.98 Å². The minimum Gasteiger partial charge on any atom is -0.254 e. The van der Waals surface area contributed by atoms with Gasteiger partial charge in [-0.05, 0) is 72.6 Å². The molecule has 0 amide bonds. The molecular formula is C20H17N3. The van der Waals surface area contributed by atoms with Crippen LogP contribution in [0, 0.1) is 6.92 Å². The summed E-state index contributed by atoms with van der Waals surface area (Å²) in [5, 5.41) is 0. The molecule has 0 atom stereocenters. The summed E-state index contributed by atoms with van der Waals surface area (Å²) in [4.78, 5) is 14.3. The van der Waals surface area contributed by atoms with Crippen molar-refractivity contribution in [3.05, 3.63) is 64.5 Å². The summed E-state index contributed by atoms with van der Waals surface area (Å²) < 4.78 is 0. The first kappa shape index (κ1) is 12.9. The topological polar surface area (TPSA) is 38.7 Å². The highest BCUT2D eigenvalue weighted by molar-refractivity contribution is 5.75. The van der Waals surface area contributed by atoms with Gasteiger partial charge in [-0.2, -0.15) is 0 Å². The van der Waals surface area contributed by atoms with Crippen LogP contribution in [0.5, 0.6) is 0 Å². The fraction of sp³-hybridized carbons (Fsp3) is 0.250. The third kappa shape index (κ3) is 1.79. The van der Waals surface area contributed by atoms with Crippen LogP contribution in [0.15, 0.2) is 36.7 Å². The SMILES string of the molecule is Cc1c2c(nc3c1CCc1cccnc1-3)-c1ncccc1CC2. The molecule has 0 radical (unpaired) electrons. The number of fused-ring (bicyclic) bond motifs is 6. The van der Waals surface area contributed by atoms with Crippen molar-refractivity contribution in [3.63, 3.8) is 0 Å². The lowest BCUT2D eigenvalue weighted by Crippen LogP contribution is -2.16. The Bertz CT molecular complexity index is 870. The van der Waals surface area contributed by atoms with Gasteiger partial charge in [0.05, 0.1) is 22.8 Å². The van der Waals surface area contributed by atoms with Crippen molar-refractivity contribution in [1.82, 2.24) is 15.0 Å². The number of aromatic nitrogens is 3. The molecule has 0 bridgehead atoms. The summed E-state index contributed by atoms with van der Waals surface area (Å²) in [6.45, 7) is 2.25. The smallest absolute Gasteiger partial charge is 0.0932 e. The van der Waals surface area contributed by atoms with E-state index in [9.17, 15) is 0 Å². The van der Waals surface area contributed by atoms with E-state index >= 15 is 0 Å². The van der Waals surface area contributed by atoms with E-state index in [-0.39, 0.29) is 0 Å². The Morgan fingerprint density at radius 1 is 0.696 bits per heavy atom. The molecule has 0 saturated carbocycles. The molecule has 23 heavy (non-hydrogen) atoms. The van der Waals surface area contributed by atoms with E-state index in [0.717, 1.165) is 48.5 Å². The van der Waals surface area contributed by atoms with Gasteiger partial charge in [-0.1, -0.05) is 12.1 Å². The fourth-order valence-corrected chi connectivity index (χ4v) is 4.01. The van der Waals surface area contributed by atoms with Crippen molar-refractivity contribution in [2.45, 2.75) is 32.6 Å². The van der Waals surface area contributed by atoms with Gasteiger partial charge >= 0.3 is 0 Å². The molecule has 0 aliphatic heterocycles. The number of aryl methyl sites for hydroxylation is 2. The highest BCUT2D eigenvalue weighted by Gasteiger charge is 2.27. The predicted octanol–water partition coefficient (Wildman–Crippen LogP) is 3.71. The number of rotatable bonds is 0. The first-order valence-corrected chi connectivity index (χ1v) is 8.24. The summed E-state index contributed by atoms with van der Waals surface area (Å²) in [5.41, 5.74) is 11.0. The molecule has 3 aromatic heterocycles. The summed E-state index contributed by atoms with van der Waals surface area (Å²) >= 11 is 0. The average Bonchev–Trinajstić information content (AvgIpc) is 2.61. The van der Waals surface area contributed by atoms with Crippen molar-refractivity contribution >= 4 is 0 Å². The Morgan fingerprint density at radius 3 is 1.74 bits per heavy atom. The number of nitrogens with zero attached hydrogens (tertiary/aromatic N) is 3. The van der Waals surface area contributed by atoms with E-state index in [4.69, 9.17) is 4.98 Å². The molecule has 3 heterocycles. The standard InChI is InChI=1S/C20H17N3/c1-12-15-8-6-13-4-2-10-21-17(13)19(15)23-20-16(12)9-7-14-5-3-11-22-18(14)20/h2-5,10-11H,6-9H2,1H3. The lowest BCUT2D eigenvalue weighted by Gasteiger charge is -2.26. The second-order valence-corrected chi connectivity index (χ2v) is 6.41. The Labute approximate surface area is 135 Å². The second kappa shape index (κ2) is 4.72. The predicted molar refractivity (Wildman–Crippen MR) is 90.3 cm³/mol. The van der Waals surface area contributed by atoms with Gasteiger partial charge in [0.1, 0.15) is 0 Å². The Hall–Kier alpha value is -2.55. The number of pyridine rings is 3. The molecule has 2 aliphatic carbocycles. The van der Waals surface area contributed by atoms with E-state index in [1.807, 2.05) is 24.5 Å². The minimum atomic E-state index is 1.06. The lowest BCUT2D eigenvalue weighted by atomic mass is 9.83. The molecule has 0 N–H and O–H groups in total. The van der Waals surface area contributed by atoms with Crippen molar-refractivity contribution < 1.29 is 0 Å². The largest absolute Gasteiger partial charge is 0.254 e. The molecule has 3 nitrogen and oxygen atoms in total. The van der Waals surface area contributed by atoms with Crippen LogP contribution in [0.3, 0.4) is 0 Å². The summed E-state index contributed by atoms with van der Waals surface area (Å²) in [6, 6.07) is 8.39. The third-order valence-corrected chi connectivity index (χ3v) is 5.22. The maximum Gasteiger partial charge on any atom is 0.0932 e. The monoisotopic (exact) mass is 299 g/mol. The Kier molecular flexibility index (Phi) is 2.66. The minimum absolute atomic E-state index is 1.06. The van der Waals surface area contributed by atoms with E-state index < -0.39 is 0 Å². The van der Waals surface area contributed by atoms with E-state index in [1.54, 1.807) is 0 Å². The van der Waals surface area contributed by atoms with E-state index in [1.165, 1.54) is 27.8 Å². The van der Waals surface area contributed by atoms with E-state index in [0.29, 0.717) is 0 Å². The van der Waals surface area contributed by atoms with Crippen LogP contribution in [-0.4, -0.2) is 15.0 Å². The second-order valence-electron chi connectivity index (χ2n) is 6.41. The zero-order chi connectivity index (χ0) is 15.4. The van der Waals surface area contributed by atoms with Gasteiger partial charge in [0, 0.05) is 12.4 Å². The van der Waals surface area contributed by atoms with Gasteiger partial charge in [-0.3, -0.25) is 9.97 Å². The van der Waals surface area contributed by atoms with Gasteiger partial charge in [0.15, 0.2) is 0 Å². The highest BCUT2D eigenvalue weighted by Crippen LogP contribution is 2.39. The van der Waals surface area contributed by atoms with Crippen LogP contribution in [0.25, 0.3) is 22.8 Å². The van der Waals surface area contributed by atoms with Crippen molar-refractivity contribution in [3.8, 4) is 22.8 Å². The molecule has 3 heteroatoms. The fourth-order valence-electron chi connectivity index (χ4n) is 4.01. The van der Waals surface area contributed by atoms with Gasteiger partial charge < -0.3 is 0 Å².